The SMILES string of the molecule is CSC(=Nc1cc(F)cc(Br)c1I)NC#N. The molecule has 16 heavy (non-hydrogen) atoms. The van der Waals surface area contributed by atoms with E-state index in [-0.39, 0.29) is 5.82 Å². The number of nitriles is 1. The second-order valence-corrected chi connectivity index (χ2v) is 5.31. The van der Waals surface area contributed by atoms with Crippen molar-refractivity contribution in [3.8, 4) is 6.19 Å². The van der Waals surface area contributed by atoms with Crippen LogP contribution in [0.2, 0.25) is 0 Å². The van der Waals surface area contributed by atoms with Crippen molar-refractivity contribution in [2.45, 2.75) is 0 Å². The molecule has 7 heteroatoms. The number of thioether (sulfide) groups is 1. The predicted molar refractivity (Wildman–Crippen MR) is 76.2 cm³/mol. The molecule has 0 saturated heterocycles. The molecule has 0 aliphatic rings. The number of nitrogens with one attached hydrogen (secondary N) is 1. The first-order chi connectivity index (χ1) is 7.58. The van der Waals surface area contributed by atoms with Gasteiger partial charge < -0.3 is 0 Å². The number of benzene rings is 1. The van der Waals surface area contributed by atoms with Crippen molar-refractivity contribution in [3.05, 3.63) is 26.0 Å². The molecule has 0 amide bonds. The van der Waals surface area contributed by atoms with Gasteiger partial charge in [-0.1, -0.05) is 11.8 Å². The van der Waals surface area contributed by atoms with E-state index < -0.39 is 0 Å². The van der Waals surface area contributed by atoms with Gasteiger partial charge in [0, 0.05) is 10.5 Å². The number of rotatable bonds is 1. The van der Waals surface area contributed by atoms with Gasteiger partial charge in [-0.15, -0.1) is 0 Å². The Bertz CT molecular complexity index is 473. The minimum absolute atomic E-state index is 0.372. The lowest BCUT2D eigenvalue weighted by molar-refractivity contribution is 0.627. The Morgan fingerprint density at radius 3 is 2.94 bits per heavy atom. The first-order valence-corrected chi connectivity index (χ1v) is 7.10. The van der Waals surface area contributed by atoms with Gasteiger partial charge in [0.25, 0.3) is 0 Å². The zero-order chi connectivity index (χ0) is 12.1. The standard InChI is InChI=1S/C9H6BrFIN3S/c1-16-9(14-4-13)15-7-3-5(11)2-6(10)8(7)12/h2-3H,1H3,(H,14,15). The molecule has 0 aromatic heterocycles. The van der Waals surface area contributed by atoms with Crippen molar-refractivity contribution < 1.29 is 4.39 Å². The molecule has 0 spiro atoms. The van der Waals surface area contributed by atoms with E-state index in [1.807, 2.05) is 0 Å². The summed E-state index contributed by atoms with van der Waals surface area (Å²) in [6, 6.07) is 2.69. The molecule has 1 rings (SSSR count). The Balaban J connectivity index is 3.18. The van der Waals surface area contributed by atoms with Gasteiger partial charge in [0.2, 0.25) is 0 Å². The quantitative estimate of drug-likeness (QED) is 0.191. The summed E-state index contributed by atoms with van der Waals surface area (Å²) < 4.78 is 14.6. The van der Waals surface area contributed by atoms with Crippen LogP contribution in [0.5, 0.6) is 0 Å². The molecule has 0 bridgehead atoms. The minimum Gasteiger partial charge on any atom is -0.271 e. The molecule has 0 aliphatic carbocycles. The second kappa shape index (κ2) is 6.42. The van der Waals surface area contributed by atoms with Gasteiger partial charge in [-0.25, -0.2) is 9.38 Å². The normalized spacial score (nSPS) is 11.1. The minimum atomic E-state index is -0.372. The van der Waals surface area contributed by atoms with Crippen molar-refractivity contribution in [1.82, 2.24) is 5.32 Å². The average Bonchev–Trinajstić information content (AvgIpc) is 2.24. The third-order valence-corrected chi connectivity index (χ3v) is 4.63. The van der Waals surface area contributed by atoms with Crippen LogP contribution in [0.25, 0.3) is 0 Å². The van der Waals surface area contributed by atoms with Crippen LogP contribution in [-0.4, -0.2) is 11.4 Å². The molecule has 0 saturated carbocycles. The molecular formula is C9H6BrFIN3S. The molecule has 0 aliphatic heterocycles. The van der Waals surface area contributed by atoms with E-state index in [1.165, 1.54) is 23.9 Å². The van der Waals surface area contributed by atoms with E-state index in [0.29, 0.717) is 15.3 Å². The van der Waals surface area contributed by atoms with Crippen molar-refractivity contribution in [2.24, 2.45) is 4.99 Å². The van der Waals surface area contributed by atoms with Gasteiger partial charge in [0.05, 0.1) is 9.26 Å². The van der Waals surface area contributed by atoms with Crippen LogP contribution >= 0.6 is 50.3 Å². The average molecular weight is 414 g/mol. The van der Waals surface area contributed by atoms with Crippen molar-refractivity contribution >= 4 is 61.1 Å². The number of hydrogen-bond donors (Lipinski definition) is 1. The van der Waals surface area contributed by atoms with Crippen LogP contribution in [0.1, 0.15) is 0 Å². The molecule has 0 unspecified atom stereocenters. The van der Waals surface area contributed by atoms with E-state index in [4.69, 9.17) is 5.26 Å². The summed E-state index contributed by atoms with van der Waals surface area (Å²) in [6.45, 7) is 0. The van der Waals surface area contributed by atoms with E-state index in [1.54, 1.807) is 12.4 Å². The first-order valence-electron chi connectivity index (χ1n) is 4.00. The summed E-state index contributed by atoms with van der Waals surface area (Å²) in [5, 5.41) is 11.3. The highest BCUT2D eigenvalue weighted by Gasteiger charge is 2.07. The van der Waals surface area contributed by atoms with Gasteiger partial charge in [-0.3, -0.25) is 5.32 Å². The molecular weight excluding hydrogens is 408 g/mol. The molecule has 3 nitrogen and oxygen atoms in total. The van der Waals surface area contributed by atoms with E-state index in [0.717, 1.165) is 3.57 Å². The Kier molecular flexibility index (Phi) is 5.51. The number of halogens is 3. The van der Waals surface area contributed by atoms with E-state index >= 15 is 0 Å². The molecule has 0 fully saturated rings. The smallest absolute Gasteiger partial charge is 0.183 e. The highest BCUT2D eigenvalue weighted by atomic mass is 127. The topological polar surface area (TPSA) is 48.2 Å². The Morgan fingerprint density at radius 1 is 1.69 bits per heavy atom. The second-order valence-electron chi connectivity index (χ2n) is 2.58. The van der Waals surface area contributed by atoms with Gasteiger partial charge in [0.15, 0.2) is 11.4 Å². The predicted octanol–water partition coefficient (Wildman–Crippen LogP) is 3.61. The van der Waals surface area contributed by atoms with Crippen molar-refractivity contribution in [3.63, 3.8) is 0 Å². The van der Waals surface area contributed by atoms with Crippen LogP contribution < -0.4 is 5.32 Å². The molecule has 0 atom stereocenters. The summed E-state index contributed by atoms with van der Waals surface area (Å²) in [4.78, 5) is 4.16. The maximum Gasteiger partial charge on any atom is 0.183 e. The summed E-state index contributed by atoms with van der Waals surface area (Å²) in [5.41, 5.74) is 0.486. The monoisotopic (exact) mass is 413 g/mol. The third kappa shape index (κ3) is 3.61. The lowest BCUT2D eigenvalue weighted by Gasteiger charge is -2.04. The number of amidine groups is 1. The van der Waals surface area contributed by atoms with Gasteiger partial charge in [-0.05, 0) is 50.8 Å². The van der Waals surface area contributed by atoms with Crippen LogP contribution in [0.4, 0.5) is 10.1 Å². The summed E-state index contributed by atoms with van der Waals surface area (Å²) >= 11 is 6.58. The fourth-order valence-electron chi connectivity index (χ4n) is 0.906. The molecule has 1 aromatic rings. The Labute approximate surface area is 119 Å². The molecule has 1 aromatic carbocycles. The molecule has 0 radical (unpaired) electrons. The van der Waals surface area contributed by atoms with Crippen molar-refractivity contribution in [1.29, 1.82) is 5.26 Å². The van der Waals surface area contributed by atoms with Crippen LogP contribution in [0.3, 0.4) is 0 Å². The van der Waals surface area contributed by atoms with Gasteiger partial charge in [-0.2, -0.15) is 5.26 Å². The number of nitrogens with zero attached hydrogens (tertiary/aromatic N) is 2. The van der Waals surface area contributed by atoms with Gasteiger partial charge >= 0.3 is 0 Å². The number of hydrogen-bond acceptors (Lipinski definition) is 3. The third-order valence-electron chi connectivity index (χ3n) is 1.55. The number of aliphatic imine (C=N–C) groups is 1. The lowest BCUT2D eigenvalue weighted by atomic mass is 10.3. The highest BCUT2D eigenvalue weighted by Crippen LogP contribution is 2.30. The van der Waals surface area contributed by atoms with Crippen molar-refractivity contribution in [2.75, 3.05) is 6.26 Å². The zero-order valence-electron chi connectivity index (χ0n) is 8.09. The fraction of sp³-hybridized carbons (Fsp3) is 0.111. The first kappa shape index (κ1) is 13.7. The fourth-order valence-corrected chi connectivity index (χ4v) is 2.10. The largest absolute Gasteiger partial charge is 0.271 e. The highest BCUT2D eigenvalue weighted by molar-refractivity contribution is 14.1. The molecule has 0 heterocycles. The van der Waals surface area contributed by atoms with Crippen LogP contribution in [-0.2, 0) is 0 Å². The zero-order valence-corrected chi connectivity index (χ0v) is 12.7. The van der Waals surface area contributed by atoms with E-state index in [9.17, 15) is 4.39 Å². The van der Waals surface area contributed by atoms with Crippen LogP contribution in [0, 0.1) is 20.8 Å². The lowest BCUT2D eigenvalue weighted by Crippen LogP contribution is -2.12. The molecule has 84 valence electrons. The summed E-state index contributed by atoms with van der Waals surface area (Å²) in [7, 11) is 0. The molecule has 1 N–H and O–H groups in total. The van der Waals surface area contributed by atoms with Crippen LogP contribution in [0.15, 0.2) is 21.6 Å². The summed E-state index contributed by atoms with van der Waals surface area (Å²) in [5.74, 6) is -0.372. The Morgan fingerprint density at radius 2 is 2.38 bits per heavy atom. The van der Waals surface area contributed by atoms with E-state index in [2.05, 4.69) is 48.8 Å². The summed E-state index contributed by atoms with van der Waals surface area (Å²) in [6.07, 6.45) is 3.56. The maximum absolute atomic E-state index is 13.2. The van der Waals surface area contributed by atoms with Gasteiger partial charge in [0.1, 0.15) is 5.82 Å². The Hall–Kier alpha value is -0.330. The maximum atomic E-state index is 13.2.